The normalized spacial score (nSPS) is 16.1. The standard InChI is InChI=1S/C13H12F4O3/c1-19-5-6-8(14)10(16)7(11(17)9(6)15)13(3-4-13)12(18)20-2/h3-5H2,1-2H3. The Morgan fingerprint density at radius 1 is 1.05 bits per heavy atom. The van der Waals surface area contributed by atoms with E-state index in [1.54, 1.807) is 0 Å². The number of carbonyl (C=O) groups is 1. The molecule has 0 spiro atoms. The van der Waals surface area contributed by atoms with Gasteiger partial charge in [-0.2, -0.15) is 0 Å². The van der Waals surface area contributed by atoms with Gasteiger partial charge in [0.1, 0.15) is 0 Å². The number of methoxy groups -OCH3 is 2. The average molecular weight is 292 g/mol. The van der Waals surface area contributed by atoms with E-state index in [1.807, 2.05) is 0 Å². The molecule has 0 N–H and O–H groups in total. The van der Waals surface area contributed by atoms with Gasteiger partial charge >= 0.3 is 5.97 Å². The molecular weight excluding hydrogens is 280 g/mol. The molecule has 0 bridgehead atoms. The highest BCUT2D eigenvalue weighted by Crippen LogP contribution is 2.51. The Kier molecular flexibility index (Phi) is 3.73. The lowest BCUT2D eigenvalue weighted by molar-refractivity contribution is -0.143. The lowest BCUT2D eigenvalue weighted by atomic mass is 9.93. The first-order chi connectivity index (χ1) is 9.40. The fourth-order valence-electron chi connectivity index (χ4n) is 2.24. The van der Waals surface area contributed by atoms with Crippen molar-refractivity contribution in [2.75, 3.05) is 14.2 Å². The van der Waals surface area contributed by atoms with Gasteiger partial charge in [-0.15, -0.1) is 0 Å². The van der Waals surface area contributed by atoms with Crippen molar-refractivity contribution in [3.8, 4) is 0 Å². The molecule has 2 rings (SSSR count). The molecule has 0 aromatic heterocycles. The van der Waals surface area contributed by atoms with Gasteiger partial charge in [0.25, 0.3) is 0 Å². The minimum atomic E-state index is -1.63. The molecule has 20 heavy (non-hydrogen) atoms. The smallest absolute Gasteiger partial charge is 0.316 e. The van der Waals surface area contributed by atoms with Crippen LogP contribution in [-0.2, 0) is 26.3 Å². The van der Waals surface area contributed by atoms with Gasteiger partial charge in [-0.05, 0) is 12.8 Å². The maximum atomic E-state index is 14.0. The number of hydrogen-bond acceptors (Lipinski definition) is 3. The van der Waals surface area contributed by atoms with Gasteiger partial charge in [-0.1, -0.05) is 0 Å². The lowest BCUT2D eigenvalue weighted by Crippen LogP contribution is -2.26. The van der Waals surface area contributed by atoms with Crippen molar-refractivity contribution in [3.63, 3.8) is 0 Å². The average Bonchev–Trinajstić information content (AvgIpc) is 3.22. The summed E-state index contributed by atoms with van der Waals surface area (Å²) in [6, 6.07) is 0. The monoisotopic (exact) mass is 292 g/mol. The van der Waals surface area contributed by atoms with Gasteiger partial charge in [0, 0.05) is 12.7 Å². The highest BCUT2D eigenvalue weighted by Gasteiger charge is 2.57. The van der Waals surface area contributed by atoms with Gasteiger partial charge in [-0.3, -0.25) is 4.79 Å². The molecule has 0 aliphatic heterocycles. The van der Waals surface area contributed by atoms with E-state index >= 15 is 0 Å². The number of hydrogen-bond donors (Lipinski definition) is 0. The topological polar surface area (TPSA) is 35.5 Å². The fraction of sp³-hybridized carbons (Fsp3) is 0.462. The van der Waals surface area contributed by atoms with E-state index in [0.29, 0.717) is 0 Å². The summed E-state index contributed by atoms with van der Waals surface area (Å²) < 4.78 is 64.6. The molecule has 0 amide bonds. The van der Waals surface area contributed by atoms with Crippen LogP contribution in [0.1, 0.15) is 24.0 Å². The van der Waals surface area contributed by atoms with Crippen molar-refractivity contribution in [2.24, 2.45) is 0 Å². The quantitative estimate of drug-likeness (QED) is 0.486. The number of esters is 1. The van der Waals surface area contributed by atoms with Crippen LogP contribution in [0.5, 0.6) is 0 Å². The minimum absolute atomic E-state index is 0.0794. The Hall–Kier alpha value is -1.63. The van der Waals surface area contributed by atoms with Crippen LogP contribution in [0, 0.1) is 23.3 Å². The highest BCUT2D eigenvalue weighted by atomic mass is 19.2. The minimum Gasteiger partial charge on any atom is -0.468 e. The number of rotatable bonds is 4. The Labute approximate surface area is 112 Å². The molecule has 0 atom stereocenters. The molecule has 7 heteroatoms. The van der Waals surface area contributed by atoms with Crippen LogP contribution >= 0.6 is 0 Å². The van der Waals surface area contributed by atoms with Crippen molar-refractivity contribution in [3.05, 3.63) is 34.4 Å². The third-order valence-corrected chi connectivity index (χ3v) is 3.45. The second kappa shape index (κ2) is 5.05. The first-order valence-corrected chi connectivity index (χ1v) is 5.83. The van der Waals surface area contributed by atoms with E-state index in [9.17, 15) is 22.4 Å². The molecule has 0 heterocycles. The molecular formula is C13H12F4O3. The molecule has 3 nitrogen and oxygen atoms in total. The Morgan fingerprint density at radius 3 is 1.90 bits per heavy atom. The van der Waals surface area contributed by atoms with E-state index in [4.69, 9.17) is 0 Å². The van der Waals surface area contributed by atoms with Crippen LogP contribution in [0.4, 0.5) is 17.6 Å². The summed E-state index contributed by atoms with van der Waals surface area (Å²) in [6.45, 7) is -0.614. The van der Waals surface area contributed by atoms with Crippen molar-refractivity contribution in [1.29, 1.82) is 0 Å². The zero-order valence-electron chi connectivity index (χ0n) is 10.9. The number of ether oxygens (including phenoxy) is 2. The van der Waals surface area contributed by atoms with Crippen LogP contribution in [0.25, 0.3) is 0 Å². The van der Waals surface area contributed by atoms with E-state index < -0.39 is 52.4 Å². The van der Waals surface area contributed by atoms with Gasteiger partial charge in [0.15, 0.2) is 23.3 Å². The molecule has 1 saturated carbocycles. The van der Waals surface area contributed by atoms with Crippen LogP contribution in [0.2, 0.25) is 0 Å². The molecule has 0 radical (unpaired) electrons. The summed E-state index contributed by atoms with van der Waals surface area (Å²) in [7, 11) is 2.18. The summed E-state index contributed by atoms with van der Waals surface area (Å²) in [5, 5.41) is 0. The Balaban J connectivity index is 2.65. The van der Waals surface area contributed by atoms with Crippen LogP contribution in [0.15, 0.2) is 0 Å². The van der Waals surface area contributed by atoms with Gasteiger partial charge in [0.05, 0.1) is 24.7 Å². The Bertz CT molecular complexity index is 538. The molecule has 1 aromatic rings. The van der Waals surface area contributed by atoms with Gasteiger partial charge < -0.3 is 9.47 Å². The summed E-state index contributed by atoms with van der Waals surface area (Å²) in [5.74, 6) is -7.14. The molecule has 1 fully saturated rings. The lowest BCUT2D eigenvalue weighted by Gasteiger charge is -2.17. The third kappa shape index (κ3) is 1.96. The van der Waals surface area contributed by atoms with Crippen molar-refractivity contribution in [1.82, 2.24) is 0 Å². The van der Waals surface area contributed by atoms with Crippen LogP contribution < -0.4 is 0 Å². The van der Waals surface area contributed by atoms with Crippen LogP contribution in [-0.4, -0.2) is 20.2 Å². The van der Waals surface area contributed by atoms with E-state index in [-0.39, 0.29) is 12.8 Å². The second-order valence-electron chi connectivity index (χ2n) is 4.62. The summed E-state index contributed by atoms with van der Waals surface area (Å²) in [4.78, 5) is 11.6. The highest BCUT2D eigenvalue weighted by molar-refractivity contribution is 5.86. The summed E-state index contributed by atoms with van der Waals surface area (Å²) in [6.07, 6.45) is 0.159. The molecule has 0 unspecified atom stereocenters. The molecule has 1 aliphatic rings. The maximum absolute atomic E-state index is 14.0. The molecule has 1 aliphatic carbocycles. The van der Waals surface area contributed by atoms with Gasteiger partial charge in [-0.25, -0.2) is 17.6 Å². The maximum Gasteiger partial charge on any atom is 0.316 e. The van der Waals surface area contributed by atoms with Crippen molar-refractivity contribution in [2.45, 2.75) is 24.9 Å². The summed E-state index contributed by atoms with van der Waals surface area (Å²) in [5.41, 5.74) is -3.37. The second-order valence-corrected chi connectivity index (χ2v) is 4.62. The Morgan fingerprint density at radius 2 is 1.55 bits per heavy atom. The molecule has 0 saturated heterocycles. The SMILES string of the molecule is COCc1c(F)c(F)c(C2(C(=O)OC)CC2)c(F)c1F. The van der Waals surface area contributed by atoms with Crippen LogP contribution in [0.3, 0.4) is 0 Å². The van der Waals surface area contributed by atoms with Crippen molar-refractivity contribution >= 4 is 5.97 Å². The first-order valence-electron chi connectivity index (χ1n) is 5.83. The predicted octanol–water partition coefficient (Wildman–Crippen LogP) is 2.59. The first kappa shape index (κ1) is 14.8. The van der Waals surface area contributed by atoms with E-state index in [2.05, 4.69) is 9.47 Å². The molecule has 1 aromatic carbocycles. The largest absolute Gasteiger partial charge is 0.468 e. The van der Waals surface area contributed by atoms with E-state index in [0.717, 1.165) is 14.2 Å². The van der Waals surface area contributed by atoms with Gasteiger partial charge in [0.2, 0.25) is 0 Å². The van der Waals surface area contributed by atoms with Crippen molar-refractivity contribution < 1.29 is 31.8 Å². The number of carbonyl (C=O) groups excluding carboxylic acids is 1. The number of benzene rings is 1. The zero-order chi connectivity index (χ0) is 15.1. The summed E-state index contributed by atoms with van der Waals surface area (Å²) >= 11 is 0. The number of halogens is 4. The third-order valence-electron chi connectivity index (χ3n) is 3.45. The predicted molar refractivity (Wildman–Crippen MR) is 59.9 cm³/mol. The fourth-order valence-corrected chi connectivity index (χ4v) is 2.24. The molecule has 110 valence electrons. The van der Waals surface area contributed by atoms with E-state index in [1.165, 1.54) is 0 Å². The zero-order valence-corrected chi connectivity index (χ0v) is 10.9.